The van der Waals surface area contributed by atoms with Crippen LogP contribution in [0.1, 0.15) is 18.9 Å². The molecule has 3 heteroatoms. The van der Waals surface area contributed by atoms with Crippen LogP contribution in [0.4, 0.5) is 5.69 Å². The van der Waals surface area contributed by atoms with Gasteiger partial charge >= 0.3 is 0 Å². The second-order valence-corrected chi connectivity index (χ2v) is 5.86. The molecule has 0 aliphatic carbocycles. The van der Waals surface area contributed by atoms with Crippen molar-refractivity contribution in [2.75, 3.05) is 12.4 Å². The minimum Gasteiger partial charge on any atom is -0.497 e. The smallest absolute Gasteiger partial charge is 0.118 e. The first-order valence-corrected chi connectivity index (χ1v) is 7.61. The van der Waals surface area contributed by atoms with Gasteiger partial charge in [0.1, 0.15) is 5.75 Å². The molecule has 0 saturated carbocycles. The molecule has 0 spiro atoms. The van der Waals surface area contributed by atoms with E-state index in [1.165, 1.54) is 5.56 Å². The Bertz CT molecular complexity index is 539. The molecule has 0 fully saturated rings. The highest BCUT2D eigenvalue weighted by Crippen LogP contribution is 2.18. The summed E-state index contributed by atoms with van der Waals surface area (Å²) in [6.07, 6.45) is 2.16. The van der Waals surface area contributed by atoms with E-state index in [0.29, 0.717) is 6.04 Å². The number of rotatable bonds is 6. The third kappa shape index (κ3) is 4.57. The SMILES string of the molecule is COc1ccc(CCC(C)Nc2cccc(Br)c2)cc1. The van der Waals surface area contributed by atoms with E-state index < -0.39 is 0 Å². The van der Waals surface area contributed by atoms with Crippen molar-refractivity contribution < 1.29 is 4.74 Å². The minimum absolute atomic E-state index is 0.436. The molecule has 1 atom stereocenters. The Morgan fingerprint density at radius 2 is 1.90 bits per heavy atom. The molecule has 2 nitrogen and oxygen atoms in total. The lowest BCUT2D eigenvalue weighted by Gasteiger charge is -2.15. The second kappa shape index (κ2) is 7.34. The first kappa shape index (κ1) is 14.9. The van der Waals surface area contributed by atoms with E-state index in [0.717, 1.165) is 28.8 Å². The maximum atomic E-state index is 5.17. The number of aryl methyl sites for hydroxylation is 1. The molecule has 0 aromatic heterocycles. The standard InChI is InChI=1S/C17H20BrNO/c1-13(19-16-5-3-4-15(18)12-16)6-7-14-8-10-17(20-2)11-9-14/h3-5,8-13,19H,6-7H2,1-2H3. The Hall–Kier alpha value is -1.48. The fourth-order valence-electron chi connectivity index (χ4n) is 2.11. The van der Waals surface area contributed by atoms with Crippen molar-refractivity contribution in [3.63, 3.8) is 0 Å². The van der Waals surface area contributed by atoms with Crippen LogP contribution in [-0.4, -0.2) is 13.2 Å². The van der Waals surface area contributed by atoms with Gasteiger partial charge in [0.05, 0.1) is 7.11 Å². The van der Waals surface area contributed by atoms with Crippen molar-refractivity contribution in [3.05, 3.63) is 58.6 Å². The minimum atomic E-state index is 0.436. The lowest BCUT2D eigenvalue weighted by atomic mass is 10.1. The van der Waals surface area contributed by atoms with E-state index in [1.807, 2.05) is 24.3 Å². The third-order valence-corrected chi connectivity index (χ3v) is 3.76. The van der Waals surface area contributed by atoms with Gasteiger partial charge in [0, 0.05) is 16.2 Å². The van der Waals surface area contributed by atoms with Gasteiger partial charge in [-0.15, -0.1) is 0 Å². The van der Waals surface area contributed by atoms with E-state index in [4.69, 9.17) is 4.74 Å². The van der Waals surface area contributed by atoms with Gasteiger partial charge in [0.2, 0.25) is 0 Å². The average molecular weight is 334 g/mol. The quantitative estimate of drug-likeness (QED) is 0.812. The molecule has 1 N–H and O–H groups in total. The number of hydrogen-bond acceptors (Lipinski definition) is 2. The number of ether oxygens (including phenoxy) is 1. The topological polar surface area (TPSA) is 21.3 Å². The molecule has 0 amide bonds. The van der Waals surface area contributed by atoms with Gasteiger partial charge in [-0.3, -0.25) is 0 Å². The van der Waals surface area contributed by atoms with Crippen LogP contribution < -0.4 is 10.1 Å². The van der Waals surface area contributed by atoms with Crippen LogP contribution in [0.25, 0.3) is 0 Å². The van der Waals surface area contributed by atoms with Crippen molar-refractivity contribution in [2.24, 2.45) is 0 Å². The van der Waals surface area contributed by atoms with Crippen molar-refractivity contribution in [1.82, 2.24) is 0 Å². The van der Waals surface area contributed by atoms with Crippen LogP contribution in [0, 0.1) is 0 Å². The summed E-state index contributed by atoms with van der Waals surface area (Å²) in [5.41, 5.74) is 2.50. The van der Waals surface area contributed by atoms with Crippen LogP contribution in [0.15, 0.2) is 53.0 Å². The fourth-order valence-corrected chi connectivity index (χ4v) is 2.51. The summed E-state index contributed by atoms with van der Waals surface area (Å²) >= 11 is 3.49. The molecule has 0 saturated heterocycles. The van der Waals surface area contributed by atoms with Gasteiger partial charge in [0.15, 0.2) is 0 Å². The number of benzene rings is 2. The van der Waals surface area contributed by atoms with Crippen LogP contribution in [0.5, 0.6) is 5.75 Å². The van der Waals surface area contributed by atoms with Gasteiger partial charge < -0.3 is 10.1 Å². The normalized spacial score (nSPS) is 11.9. The van der Waals surface area contributed by atoms with Crippen molar-refractivity contribution in [3.8, 4) is 5.75 Å². The summed E-state index contributed by atoms with van der Waals surface area (Å²) in [7, 11) is 1.69. The van der Waals surface area contributed by atoms with E-state index in [2.05, 4.69) is 52.4 Å². The molecule has 0 aliphatic heterocycles. The van der Waals surface area contributed by atoms with Gasteiger partial charge in [-0.05, 0) is 55.7 Å². The highest BCUT2D eigenvalue weighted by atomic mass is 79.9. The molecular formula is C17H20BrNO. The van der Waals surface area contributed by atoms with Crippen LogP contribution in [-0.2, 0) is 6.42 Å². The molecule has 2 aromatic carbocycles. The molecule has 2 rings (SSSR count). The van der Waals surface area contributed by atoms with Crippen LogP contribution >= 0.6 is 15.9 Å². The molecular weight excluding hydrogens is 314 g/mol. The first-order chi connectivity index (χ1) is 9.67. The molecule has 1 unspecified atom stereocenters. The Morgan fingerprint density at radius 1 is 1.15 bits per heavy atom. The highest BCUT2D eigenvalue weighted by molar-refractivity contribution is 9.10. The van der Waals surface area contributed by atoms with Gasteiger partial charge in [-0.2, -0.15) is 0 Å². The number of halogens is 1. The molecule has 0 bridgehead atoms. The molecule has 106 valence electrons. The maximum Gasteiger partial charge on any atom is 0.118 e. The van der Waals surface area contributed by atoms with Crippen LogP contribution in [0.3, 0.4) is 0 Å². The summed E-state index contributed by atoms with van der Waals surface area (Å²) < 4.78 is 6.27. The van der Waals surface area contributed by atoms with Gasteiger partial charge in [0.25, 0.3) is 0 Å². The fraction of sp³-hybridized carbons (Fsp3) is 0.294. The zero-order valence-corrected chi connectivity index (χ0v) is 13.5. The van der Waals surface area contributed by atoms with Crippen LogP contribution in [0.2, 0.25) is 0 Å². The first-order valence-electron chi connectivity index (χ1n) is 6.82. The Kier molecular flexibility index (Phi) is 5.48. The van der Waals surface area contributed by atoms with Gasteiger partial charge in [-0.25, -0.2) is 0 Å². The Labute approximate surface area is 129 Å². The monoisotopic (exact) mass is 333 g/mol. The van der Waals surface area contributed by atoms with Crippen molar-refractivity contribution in [2.45, 2.75) is 25.8 Å². The maximum absolute atomic E-state index is 5.17. The predicted octanol–water partition coefficient (Wildman–Crippen LogP) is 4.89. The van der Waals surface area contributed by atoms with E-state index >= 15 is 0 Å². The molecule has 0 heterocycles. The third-order valence-electron chi connectivity index (χ3n) is 3.26. The van der Waals surface area contributed by atoms with E-state index in [-0.39, 0.29) is 0 Å². The summed E-state index contributed by atoms with van der Waals surface area (Å²) in [6.45, 7) is 2.21. The number of anilines is 1. The lowest BCUT2D eigenvalue weighted by molar-refractivity contribution is 0.414. The van der Waals surface area contributed by atoms with Crippen molar-refractivity contribution >= 4 is 21.6 Å². The van der Waals surface area contributed by atoms with E-state index in [1.54, 1.807) is 7.11 Å². The summed E-state index contributed by atoms with van der Waals surface area (Å²) in [5, 5.41) is 3.52. The number of nitrogens with one attached hydrogen (secondary N) is 1. The zero-order valence-electron chi connectivity index (χ0n) is 11.9. The van der Waals surface area contributed by atoms with Crippen molar-refractivity contribution in [1.29, 1.82) is 0 Å². The lowest BCUT2D eigenvalue weighted by Crippen LogP contribution is -2.15. The summed E-state index contributed by atoms with van der Waals surface area (Å²) in [5.74, 6) is 0.911. The van der Waals surface area contributed by atoms with E-state index in [9.17, 15) is 0 Å². The number of hydrogen-bond donors (Lipinski definition) is 1. The predicted molar refractivity (Wildman–Crippen MR) is 88.5 cm³/mol. The summed E-state index contributed by atoms with van der Waals surface area (Å²) in [6, 6.07) is 17.0. The molecule has 0 aliphatic rings. The Balaban J connectivity index is 1.83. The van der Waals surface area contributed by atoms with Gasteiger partial charge in [-0.1, -0.05) is 34.1 Å². The largest absolute Gasteiger partial charge is 0.497 e. The Morgan fingerprint density at radius 3 is 2.55 bits per heavy atom. The molecule has 0 radical (unpaired) electrons. The molecule has 2 aromatic rings. The zero-order chi connectivity index (χ0) is 14.4. The second-order valence-electron chi connectivity index (χ2n) is 4.94. The highest BCUT2D eigenvalue weighted by Gasteiger charge is 2.03. The average Bonchev–Trinajstić information content (AvgIpc) is 2.46. The molecule has 20 heavy (non-hydrogen) atoms. The number of methoxy groups -OCH3 is 1. The summed E-state index contributed by atoms with van der Waals surface area (Å²) in [4.78, 5) is 0.